The Kier molecular flexibility index (Phi) is 3.10. The van der Waals surface area contributed by atoms with Crippen LogP contribution in [0.2, 0.25) is 0 Å². The van der Waals surface area contributed by atoms with E-state index in [-0.39, 0.29) is 12.2 Å². The molecule has 1 unspecified atom stereocenters. The lowest BCUT2D eigenvalue weighted by Crippen LogP contribution is -2.21. The van der Waals surface area contributed by atoms with E-state index in [0.29, 0.717) is 0 Å². The molecular formula is C15H16O4. The molecule has 0 aromatic heterocycles. The van der Waals surface area contributed by atoms with Gasteiger partial charge in [0, 0.05) is 6.42 Å². The molecule has 4 nitrogen and oxygen atoms in total. The minimum absolute atomic E-state index is 0.0978. The van der Waals surface area contributed by atoms with Crippen molar-refractivity contribution < 1.29 is 23.1 Å². The van der Waals surface area contributed by atoms with Crippen LogP contribution in [-0.2, 0) is 14.3 Å². The van der Waals surface area contributed by atoms with Gasteiger partial charge in [0.15, 0.2) is 0 Å². The fourth-order valence-corrected chi connectivity index (χ4v) is 1.73. The van der Waals surface area contributed by atoms with E-state index in [2.05, 4.69) is 0 Å². The first-order chi connectivity index (χ1) is 10.4. The summed E-state index contributed by atoms with van der Waals surface area (Å²) in [7, 11) is -0.987. The number of ether oxygens (including phenoxy) is 3. The number of esters is 1. The molecule has 0 N–H and O–H groups in total. The van der Waals surface area contributed by atoms with Gasteiger partial charge in [0.05, 0.1) is 24.3 Å². The predicted molar refractivity (Wildman–Crippen MR) is 71.6 cm³/mol. The van der Waals surface area contributed by atoms with Gasteiger partial charge in [0.2, 0.25) is 0 Å². The lowest BCUT2D eigenvalue weighted by Gasteiger charge is -2.19. The molecule has 19 heavy (non-hydrogen) atoms. The molecule has 0 spiro atoms. The standard InChI is InChI=1S/C15H16O4/c1-17-12-6-3-11(4-7-12)5-8-13-9-14(18-2)10-15(16)19-13/h3-8,10,13H,9H2,1-2H3/b8-5+/i2D3. The molecule has 0 bridgehead atoms. The summed E-state index contributed by atoms with van der Waals surface area (Å²) in [6, 6.07) is 7.34. The molecule has 1 heterocycles. The largest absolute Gasteiger partial charge is 0.501 e. The van der Waals surface area contributed by atoms with Crippen LogP contribution in [0.3, 0.4) is 0 Å². The summed E-state index contributed by atoms with van der Waals surface area (Å²) >= 11 is 0. The monoisotopic (exact) mass is 263 g/mol. The molecule has 0 radical (unpaired) electrons. The summed E-state index contributed by atoms with van der Waals surface area (Å²) in [5.41, 5.74) is 0.907. The lowest BCUT2D eigenvalue weighted by molar-refractivity contribution is -0.142. The maximum atomic E-state index is 11.5. The Morgan fingerprint density at radius 1 is 1.37 bits per heavy atom. The number of carbonyl (C=O) groups is 1. The second-order valence-electron chi connectivity index (χ2n) is 4.02. The fourth-order valence-electron chi connectivity index (χ4n) is 1.73. The lowest BCUT2D eigenvalue weighted by atomic mass is 10.1. The van der Waals surface area contributed by atoms with E-state index in [0.717, 1.165) is 17.4 Å². The second-order valence-corrected chi connectivity index (χ2v) is 4.02. The minimum atomic E-state index is -2.58. The van der Waals surface area contributed by atoms with Gasteiger partial charge in [-0.25, -0.2) is 4.79 Å². The zero-order chi connectivity index (χ0) is 16.2. The highest BCUT2D eigenvalue weighted by atomic mass is 16.5. The SMILES string of the molecule is [2H]C([2H])([2H])OC1=CC(=O)OC(/C=C/c2ccc(OC)cc2)C1. The summed E-state index contributed by atoms with van der Waals surface area (Å²) in [4.78, 5) is 11.5. The normalized spacial score (nSPS) is 21.9. The summed E-state index contributed by atoms with van der Waals surface area (Å²) in [5, 5.41) is 0. The summed E-state index contributed by atoms with van der Waals surface area (Å²) in [5.74, 6) is 0.230. The zero-order valence-electron chi connectivity index (χ0n) is 13.5. The van der Waals surface area contributed by atoms with Gasteiger partial charge in [0.25, 0.3) is 0 Å². The van der Waals surface area contributed by atoms with Crippen LogP contribution in [0, 0.1) is 0 Å². The number of cyclic esters (lactones) is 1. The maximum absolute atomic E-state index is 11.5. The first kappa shape index (κ1) is 9.67. The number of hydrogen-bond donors (Lipinski definition) is 0. The third kappa shape index (κ3) is 3.61. The van der Waals surface area contributed by atoms with E-state index in [1.54, 1.807) is 19.3 Å². The fraction of sp³-hybridized carbons (Fsp3) is 0.267. The van der Waals surface area contributed by atoms with Crippen molar-refractivity contribution in [2.24, 2.45) is 0 Å². The summed E-state index contributed by atoms with van der Waals surface area (Å²) < 4.78 is 36.1. The number of benzene rings is 1. The van der Waals surface area contributed by atoms with Crippen molar-refractivity contribution in [3.05, 3.63) is 47.7 Å². The van der Waals surface area contributed by atoms with Gasteiger partial charge in [-0.2, -0.15) is 0 Å². The number of methoxy groups -OCH3 is 2. The van der Waals surface area contributed by atoms with Crippen LogP contribution in [-0.4, -0.2) is 26.2 Å². The summed E-state index contributed by atoms with van der Waals surface area (Å²) in [6.45, 7) is 0. The maximum Gasteiger partial charge on any atom is 0.334 e. The van der Waals surface area contributed by atoms with Gasteiger partial charge in [-0.1, -0.05) is 18.2 Å². The highest BCUT2D eigenvalue weighted by molar-refractivity contribution is 5.83. The van der Waals surface area contributed by atoms with Crippen molar-refractivity contribution in [2.45, 2.75) is 12.5 Å². The average Bonchev–Trinajstić information content (AvgIpc) is 2.43. The van der Waals surface area contributed by atoms with E-state index in [1.807, 2.05) is 24.3 Å². The smallest absolute Gasteiger partial charge is 0.334 e. The molecule has 0 amide bonds. The van der Waals surface area contributed by atoms with Gasteiger partial charge in [-0.05, 0) is 23.8 Å². The van der Waals surface area contributed by atoms with Crippen molar-refractivity contribution in [1.29, 1.82) is 0 Å². The van der Waals surface area contributed by atoms with Gasteiger partial charge >= 0.3 is 5.97 Å². The molecule has 4 heteroatoms. The highest BCUT2D eigenvalue weighted by Gasteiger charge is 2.19. The molecule has 1 aromatic rings. The molecule has 1 aromatic carbocycles. The average molecular weight is 263 g/mol. The first-order valence-corrected chi connectivity index (χ1v) is 5.78. The van der Waals surface area contributed by atoms with Crippen LogP contribution in [0.5, 0.6) is 5.75 Å². The van der Waals surface area contributed by atoms with Crippen LogP contribution in [0.15, 0.2) is 42.2 Å². The molecule has 100 valence electrons. The molecule has 0 saturated carbocycles. The van der Waals surface area contributed by atoms with E-state index in [9.17, 15) is 4.79 Å². The van der Waals surface area contributed by atoms with Gasteiger partial charge in [-0.15, -0.1) is 0 Å². The number of hydrogen-bond acceptors (Lipinski definition) is 4. The zero-order valence-corrected chi connectivity index (χ0v) is 10.5. The van der Waals surface area contributed by atoms with E-state index in [4.69, 9.17) is 18.3 Å². The van der Waals surface area contributed by atoms with Crippen molar-refractivity contribution in [3.63, 3.8) is 0 Å². The van der Waals surface area contributed by atoms with Crippen molar-refractivity contribution in [3.8, 4) is 5.75 Å². The van der Waals surface area contributed by atoms with Crippen LogP contribution in [0.1, 0.15) is 16.1 Å². The van der Waals surface area contributed by atoms with Gasteiger partial charge in [0.1, 0.15) is 17.6 Å². The topological polar surface area (TPSA) is 44.8 Å². The van der Waals surface area contributed by atoms with Crippen LogP contribution >= 0.6 is 0 Å². The third-order valence-electron chi connectivity index (χ3n) is 2.70. The number of rotatable bonds is 4. The van der Waals surface area contributed by atoms with Crippen molar-refractivity contribution in [2.75, 3.05) is 14.1 Å². The Hall–Kier alpha value is -2.23. The molecule has 1 aliphatic heterocycles. The van der Waals surface area contributed by atoms with E-state index >= 15 is 0 Å². The minimum Gasteiger partial charge on any atom is -0.501 e. The van der Waals surface area contributed by atoms with E-state index in [1.165, 1.54) is 0 Å². The third-order valence-corrected chi connectivity index (χ3v) is 2.70. The second kappa shape index (κ2) is 6.09. The van der Waals surface area contributed by atoms with Crippen molar-refractivity contribution >= 4 is 12.0 Å². The Bertz CT molecular complexity index is 588. The van der Waals surface area contributed by atoms with Gasteiger partial charge in [-0.3, -0.25) is 0 Å². The molecular weight excluding hydrogens is 244 g/mol. The van der Waals surface area contributed by atoms with Crippen LogP contribution < -0.4 is 4.74 Å². The molecule has 2 rings (SSSR count). The van der Waals surface area contributed by atoms with Crippen LogP contribution in [0.25, 0.3) is 6.08 Å². The Morgan fingerprint density at radius 3 is 2.84 bits per heavy atom. The first-order valence-electron chi connectivity index (χ1n) is 7.28. The Morgan fingerprint density at radius 2 is 2.16 bits per heavy atom. The molecule has 0 fully saturated rings. The van der Waals surface area contributed by atoms with Crippen LogP contribution in [0.4, 0.5) is 0 Å². The number of carbonyl (C=O) groups excluding carboxylic acids is 1. The van der Waals surface area contributed by atoms with Gasteiger partial charge < -0.3 is 14.2 Å². The highest BCUT2D eigenvalue weighted by Crippen LogP contribution is 2.18. The molecule has 1 atom stereocenters. The quantitative estimate of drug-likeness (QED) is 0.783. The summed E-state index contributed by atoms with van der Waals surface area (Å²) in [6.07, 6.45) is 4.17. The van der Waals surface area contributed by atoms with Crippen molar-refractivity contribution in [1.82, 2.24) is 0 Å². The molecule has 0 aliphatic carbocycles. The Labute approximate surface area is 116 Å². The predicted octanol–water partition coefficient (Wildman–Crippen LogP) is 2.55. The molecule has 1 aliphatic rings. The molecule has 0 saturated heterocycles. The Balaban J connectivity index is 2.02. The van der Waals surface area contributed by atoms with E-state index < -0.39 is 19.1 Å².